The molecular weight excluding hydrogens is 475 g/mol. The summed E-state index contributed by atoms with van der Waals surface area (Å²) in [6, 6.07) is 27.1. The summed E-state index contributed by atoms with van der Waals surface area (Å²) in [7, 11) is 0. The van der Waals surface area contributed by atoms with Crippen LogP contribution in [0.1, 0.15) is 22.1 Å². The first-order valence-electron chi connectivity index (χ1n) is 11.4. The van der Waals surface area contributed by atoms with E-state index in [2.05, 4.69) is 15.5 Å². The highest BCUT2D eigenvalue weighted by atomic mass is 32.2. The molecule has 36 heavy (non-hydrogen) atoms. The topological polar surface area (TPSA) is 72.9 Å². The lowest BCUT2D eigenvalue weighted by atomic mass is 10.1. The van der Waals surface area contributed by atoms with Crippen LogP contribution in [0.15, 0.2) is 107 Å². The second kappa shape index (κ2) is 10.6. The quantitative estimate of drug-likeness (QED) is 0.247. The Labute approximate surface area is 212 Å². The number of rotatable bonds is 8. The van der Waals surface area contributed by atoms with E-state index >= 15 is 0 Å². The molecule has 0 bridgehead atoms. The number of furan rings is 1. The van der Waals surface area contributed by atoms with Gasteiger partial charge in [0.25, 0.3) is 0 Å². The zero-order valence-electron chi connectivity index (χ0n) is 19.5. The Morgan fingerprint density at radius 1 is 0.972 bits per heavy atom. The summed E-state index contributed by atoms with van der Waals surface area (Å²) in [5.41, 5.74) is 3.26. The molecule has 1 N–H and O–H groups in total. The van der Waals surface area contributed by atoms with Gasteiger partial charge in [0.05, 0.1) is 18.4 Å². The molecule has 5 rings (SSSR count). The molecule has 5 aromatic rings. The molecule has 0 spiro atoms. The van der Waals surface area contributed by atoms with Gasteiger partial charge >= 0.3 is 0 Å². The second-order valence-corrected chi connectivity index (χ2v) is 9.25. The van der Waals surface area contributed by atoms with Gasteiger partial charge < -0.3 is 9.73 Å². The van der Waals surface area contributed by atoms with Gasteiger partial charge in [-0.25, -0.2) is 4.39 Å². The Morgan fingerprint density at radius 2 is 1.67 bits per heavy atom. The van der Waals surface area contributed by atoms with Gasteiger partial charge in [-0.1, -0.05) is 72.4 Å². The van der Waals surface area contributed by atoms with Crippen LogP contribution in [0.5, 0.6) is 0 Å². The third-order valence-electron chi connectivity index (χ3n) is 5.68. The number of aryl methyl sites for hydroxylation is 1. The molecule has 0 aliphatic carbocycles. The van der Waals surface area contributed by atoms with Crippen molar-refractivity contribution >= 4 is 23.4 Å². The molecule has 0 saturated heterocycles. The Kier molecular flexibility index (Phi) is 6.95. The third kappa shape index (κ3) is 5.23. The predicted octanol–water partition coefficient (Wildman–Crippen LogP) is 6.51. The van der Waals surface area contributed by atoms with Crippen LogP contribution in [0.25, 0.3) is 11.4 Å². The first-order valence-corrected chi connectivity index (χ1v) is 12.3. The van der Waals surface area contributed by atoms with Crippen LogP contribution in [-0.4, -0.2) is 20.7 Å². The summed E-state index contributed by atoms with van der Waals surface area (Å²) in [6.07, 6.45) is 1.63. The smallest absolute Gasteiger partial charge is 0.242 e. The average molecular weight is 499 g/mol. The summed E-state index contributed by atoms with van der Waals surface area (Å²) in [4.78, 5) is 13.5. The van der Waals surface area contributed by atoms with Gasteiger partial charge in [0.1, 0.15) is 16.8 Å². The molecule has 1 atom stereocenters. The second-order valence-electron chi connectivity index (χ2n) is 8.17. The van der Waals surface area contributed by atoms with Crippen LogP contribution in [0.4, 0.5) is 10.1 Å². The number of halogens is 1. The number of thioether (sulfide) groups is 1. The van der Waals surface area contributed by atoms with Crippen molar-refractivity contribution in [3.63, 3.8) is 0 Å². The van der Waals surface area contributed by atoms with Crippen molar-refractivity contribution in [2.24, 2.45) is 0 Å². The number of aromatic nitrogens is 3. The summed E-state index contributed by atoms with van der Waals surface area (Å²) in [6.45, 7) is 2.41. The van der Waals surface area contributed by atoms with Crippen molar-refractivity contribution in [1.82, 2.24) is 14.8 Å². The minimum Gasteiger partial charge on any atom is -0.469 e. The van der Waals surface area contributed by atoms with Crippen molar-refractivity contribution in [3.8, 4) is 11.4 Å². The number of benzene rings is 3. The average Bonchev–Trinajstić information content (AvgIpc) is 3.50. The minimum atomic E-state index is -0.617. The molecule has 1 amide bonds. The van der Waals surface area contributed by atoms with Crippen molar-refractivity contribution in [1.29, 1.82) is 0 Å². The maximum atomic E-state index is 13.5. The maximum absolute atomic E-state index is 13.5. The highest BCUT2D eigenvalue weighted by Crippen LogP contribution is 2.37. The standard InChI is InChI=1S/C28H23FN4O2S/c1-19-24(16-17-35-19)26-31-32-28(33(26)18-20-8-4-2-5-9-20)36-25(21-10-6-3-7-11-21)27(34)30-23-14-12-22(29)13-15-23/h2-17,25H,18H2,1H3,(H,30,34). The van der Waals surface area contributed by atoms with E-state index in [4.69, 9.17) is 4.42 Å². The molecule has 1 unspecified atom stereocenters. The molecule has 180 valence electrons. The van der Waals surface area contributed by atoms with E-state index in [1.807, 2.05) is 78.2 Å². The molecule has 3 aromatic carbocycles. The van der Waals surface area contributed by atoms with Gasteiger partial charge in [0.2, 0.25) is 5.91 Å². The fraction of sp³-hybridized carbons (Fsp3) is 0.107. The zero-order valence-corrected chi connectivity index (χ0v) is 20.3. The first-order chi connectivity index (χ1) is 17.6. The predicted molar refractivity (Wildman–Crippen MR) is 138 cm³/mol. The van der Waals surface area contributed by atoms with Crippen molar-refractivity contribution in [3.05, 3.63) is 120 Å². The van der Waals surface area contributed by atoms with Crippen molar-refractivity contribution in [2.45, 2.75) is 23.9 Å². The highest BCUT2D eigenvalue weighted by Gasteiger charge is 2.27. The molecule has 0 saturated carbocycles. The van der Waals surface area contributed by atoms with Gasteiger partial charge in [0, 0.05) is 5.69 Å². The monoisotopic (exact) mass is 498 g/mol. The van der Waals surface area contributed by atoms with Crippen LogP contribution >= 0.6 is 11.8 Å². The summed E-state index contributed by atoms with van der Waals surface area (Å²) in [5, 5.41) is 11.8. The number of amides is 1. The molecule has 2 aromatic heterocycles. The number of nitrogens with zero attached hydrogens (tertiary/aromatic N) is 3. The summed E-state index contributed by atoms with van der Waals surface area (Å²) < 4.78 is 20.9. The van der Waals surface area contributed by atoms with Crippen LogP contribution in [-0.2, 0) is 11.3 Å². The number of carbonyl (C=O) groups is 1. The van der Waals surface area contributed by atoms with E-state index in [1.165, 1.54) is 36.0 Å². The van der Waals surface area contributed by atoms with Gasteiger partial charge in [-0.3, -0.25) is 9.36 Å². The van der Waals surface area contributed by atoms with Crippen LogP contribution < -0.4 is 5.32 Å². The van der Waals surface area contributed by atoms with Crippen LogP contribution in [0.2, 0.25) is 0 Å². The van der Waals surface area contributed by atoms with E-state index in [1.54, 1.807) is 6.26 Å². The van der Waals surface area contributed by atoms with Crippen molar-refractivity contribution in [2.75, 3.05) is 5.32 Å². The van der Waals surface area contributed by atoms with Gasteiger partial charge in [-0.2, -0.15) is 0 Å². The number of anilines is 1. The molecule has 6 nitrogen and oxygen atoms in total. The van der Waals surface area contributed by atoms with E-state index in [0.717, 1.165) is 22.5 Å². The number of carbonyl (C=O) groups excluding carboxylic acids is 1. The number of hydrogen-bond acceptors (Lipinski definition) is 5. The zero-order chi connectivity index (χ0) is 24.9. The lowest BCUT2D eigenvalue weighted by molar-refractivity contribution is -0.115. The van der Waals surface area contributed by atoms with Crippen molar-refractivity contribution < 1.29 is 13.6 Å². The number of hydrogen-bond donors (Lipinski definition) is 1. The Hall–Kier alpha value is -4.17. The lowest BCUT2D eigenvalue weighted by Gasteiger charge is -2.18. The maximum Gasteiger partial charge on any atom is 0.242 e. The number of nitrogens with one attached hydrogen (secondary N) is 1. The highest BCUT2D eigenvalue weighted by molar-refractivity contribution is 8.00. The SMILES string of the molecule is Cc1occc1-c1nnc(SC(C(=O)Nc2ccc(F)cc2)c2ccccc2)n1Cc1ccccc1. The first kappa shape index (κ1) is 23.6. The molecule has 8 heteroatoms. The molecule has 0 aliphatic rings. The third-order valence-corrected chi connectivity index (χ3v) is 6.91. The van der Waals surface area contributed by atoms with Gasteiger partial charge in [0.15, 0.2) is 11.0 Å². The summed E-state index contributed by atoms with van der Waals surface area (Å²) in [5.74, 6) is 0.798. The van der Waals surface area contributed by atoms with E-state index in [0.29, 0.717) is 23.2 Å². The van der Waals surface area contributed by atoms with E-state index in [-0.39, 0.29) is 11.7 Å². The Bertz CT molecular complexity index is 1450. The van der Waals surface area contributed by atoms with E-state index in [9.17, 15) is 9.18 Å². The largest absolute Gasteiger partial charge is 0.469 e. The minimum absolute atomic E-state index is 0.242. The molecule has 0 fully saturated rings. The van der Waals surface area contributed by atoms with Crippen LogP contribution in [0.3, 0.4) is 0 Å². The molecule has 0 aliphatic heterocycles. The van der Waals surface area contributed by atoms with Gasteiger partial charge in [-0.15, -0.1) is 10.2 Å². The normalized spacial score (nSPS) is 11.8. The Morgan fingerprint density at radius 3 is 2.33 bits per heavy atom. The fourth-order valence-corrected chi connectivity index (χ4v) is 4.88. The molecular formula is C28H23FN4O2S. The fourth-order valence-electron chi connectivity index (χ4n) is 3.85. The molecule has 2 heterocycles. The lowest BCUT2D eigenvalue weighted by Crippen LogP contribution is -2.19. The van der Waals surface area contributed by atoms with E-state index < -0.39 is 5.25 Å². The Balaban J connectivity index is 1.52. The summed E-state index contributed by atoms with van der Waals surface area (Å²) >= 11 is 1.31. The van der Waals surface area contributed by atoms with Crippen LogP contribution in [0, 0.1) is 12.7 Å². The molecule has 0 radical (unpaired) electrons. The van der Waals surface area contributed by atoms with Gasteiger partial charge in [-0.05, 0) is 48.4 Å².